The normalized spacial score (nSPS) is 10.7. The van der Waals surface area contributed by atoms with Gasteiger partial charge in [-0.1, -0.05) is 35.4 Å². The van der Waals surface area contributed by atoms with Crippen LogP contribution in [0.4, 0.5) is 5.69 Å². The van der Waals surface area contributed by atoms with E-state index in [2.05, 4.69) is 15.5 Å². The quantitative estimate of drug-likeness (QED) is 0.735. The van der Waals surface area contributed by atoms with Gasteiger partial charge in [-0.25, -0.2) is 0 Å². The molecule has 100 valence electrons. The molecule has 1 aromatic heterocycles. The van der Waals surface area contributed by atoms with Crippen LogP contribution in [0, 0.1) is 6.92 Å². The largest absolute Gasteiger partial charge is 0.398 e. The summed E-state index contributed by atoms with van der Waals surface area (Å²) in [4.78, 5) is 0. The van der Waals surface area contributed by atoms with Crippen molar-refractivity contribution in [2.45, 2.75) is 6.92 Å². The monoisotopic (exact) mass is 285 g/mol. The van der Waals surface area contributed by atoms with E-state index in [1.54, 1.807) is 10.7 Å². The Morgan fingerprint density at radius 1 is 1.10 bits per heavy atom. The fraction of sp³-hybridized carbons (Fsp3) is 0.0714. The Kier molecular flexibility index (Phi) is 3.12. The molecule has 2 aromatic carbocycles. The lowest BCUT2D eigenvalue weighted by Gasteiger charge is -2.07. The fourth-order valence-corrected chi connectivity index (χ4v) is 2.15. The van der Waals surface area contributed by atoms with E-state index < -0.39 is 0 Å². The van der Waals surface area contributed by atoms with Crippen molar-refractivity contribution in [1.82, 2.24) is 20.2 Å². The minimum Gasteiger partial charge on any atom is -0.398 e. The number of hydrogen-bond donors (Lipinski definition) is 1. The molecule has 0 spiro atoms. The molecule has 0 amide bonds. The maximum Gasteiger partial charge on any atom is 0.188 e. The minimum absolute atomic E-state index is 0.454. The molecule has 3 rings (SSSR count). The van der Waals surface area contributed by atoms with Crippen LogP contribution in [-0.2, 0) is 0 Å². The van der Waals surface area contributed by atoms with Crippen molar-refractivity contribution in [1.29, 1.82) is 0 Å². The van der Waals surface area contributed by atoms with Crippen molar-refractivity contribution < 1.29 is 0 Å². The van der Waals surface area contributed by atoms with Crippen LogP contribution in [0.2, 0.25) is 5.02 Å². The minimum atomic E-state index is 0.454. The summed E-state index contributed by atoms with van der Waals surface area (Å²) < 4.78 is 1.64. The number of nitrogens with zero attached hydrogens (tertiary/aromatic N) is 4. The Balaban J connectivity index is 2.15. The van der Waals surface area contributed by atoms with Gasteiger partial charge in [-0.15, -0.1) is 5.10 Å². The van der Waals surface area contributed by atoms with Gasteiger partial charge in [-0.2, -0.15) is 4.68 Å². The number of anilines is 1. The molecule has 0 fully saturated rings. The van der Waals surface area contributed by atoms with Crippen LogP contribution in [0.3, 0.4) is 0 Å². The topological polar surface area (TPSA) is 69.6 Å². The summed E-state index contributed by atoms with van der Waals surface area (Å²) in [6.45, 7) is 2.03. The number of hydrogen-bond acceptors (Lipinski definition) is 4. The molecule has 0 aliphatic heterocycles. The van der Waals surface area contributed by atoms with Gasteiger partial charge >= 0.3 is 0 Å². The van der Waals surface area contributed by atoms with Crippen LogP contribution < -0.4 is 5.73 Å². The van der Waals surface area contributed by atoms with E-state index in [1.807, 2.05) is 43.3 Å². The maximum atomic E-state index is 6.24. The van der Waals surface area contributed by atoms with Gasteiger partial charge in [0, 0.05) is 5.56 Å². The number of benzene rings is 2. The second-order valence-corrected chi connectivity index (χ2v) is 4.84. The molecule has 0 bridgehead atoms. The highest BCUT2D eigenvalue weighted by molar-refractivity contribution is 6.35. The smallest absolute Gasteiger partial charge is 0.188 e. The second kappa shape index (κ2) is 4.94. The SMILES string of the molecule is Cc1ccc(-n2nnnc2-c2cccc(N)c2Cl)cc1. The third-order valence-electron chi connectivity index (χ3n) is 3.02. The van der Waals surface area contributed by atoms with E-state index in [1.165, 1.54) is 5.56 Å². The number of nitrogens with two attached hydrogens (primary N) is 1. The zero-order valence-corrected chi connectivity index (χ0v) is 11.5. The standard InChI is InChI=1S/C14H12ClN5/c1-9-5-7-10(8-6-9)20-14(17-18-19-20)11-3-2-4-12(16)13(11)15/h2-8H,16H2,1H3. The predicted octanol–water partition coefficient (Wildman–Crippen LogP) is 2.87. The highest BCUT2D eigenvalue weighted by Gasteiger charge is 2.14. The number of halogens is 1. The molecular formula is C14H12ClN5. The first-order valence-corrected chi connectivity index (χ1v) is 6.44. The predicted molar refractivity (Wildman–Crippen MR) is 78.7 cm³/mol. The summed E-state index contributed by atoms with van der Waals surface area (Å²) in [5, 5.41) is 12.3. The van der Waals surface area contributed by atoms with Crippen molar-refractivity contribution in [2.24, 2.45) is 0 Å². The molecule has 5 nitrogen and oxygen atoms in total. The number of tetrazole rings is 1. The Bertz CT molecular complexity index is 749. The highest BCUT2D eigenvalue weighted by Crippen LogP contribution is 2.31. The summed E-state index contributed by atoms with van der Waals surface area (Å²) in [5.74, 6) is 0.561. The number of aryl methyl sites for hydroxylation is 1. The lowest BCUT2D eigenvalue weighted by molar-refractivity contribution is 0.791. The van der Waals surface area contributed by atoms with Gasteiger partial charge in [0.25, 0.3) is 0 Å². The van der Waals surface area contributed by atoms with Gasteiger partial charge in [0.2, 0.25) is 0 Å². The fourth-order valence-electron chi connectivity index (χ4n) is 1.94. The summed E-state index contributed by atoms with van der Waals surface area (Å²) in [6, 6.07) is 13.3. The average Bonchev–Trinajstić information content (AvgIpc) is 2.92. The lowest BCUT2D eigenvalue weighted by atomic mass is 10.1. The Hall–Kier alpha value is -2.40. The second-order valence-electron chi connectivity index (χ2n) is 4.46. The van der Waals surface area contributed by atoms with Crippen molar-refractivity contribution in [3.63, 3.8) is 0 Å². The summed E-state index contributed by atoms with van der Waals surface area (Å²) in [5.41, 5.74) is 9.07. The van der Waals surface area contributed by atoms with Gasteiger partial charge in [-0.3, -0.25) is 0 Å². The Labute approximate surface area is 121 Å². The first-order valence-electron chi connectivity index (χ1n) is 6.06. The van der Waals surface area contributed by atoms with Crippen molar-refractivity contribution in [2.75, 3.05) is 5.73 Å². The van der Waals surface area contributed by atoms with Crippen LogP contribution in [0.15, 0.2) is 42.5 Å². The van der Waals surface area contributed by atoms with Gasteiger partial charge in [0.1, 0.15) is 0 Å². The molecule has 0 unspecified atom stereocenters. The molecule has 2 N–H and O–H groups in total. The van der Waals surface area contributed by atoms with Gasteiger partial charge in [-0.05, 0) is 41.6 Å². The molecule has 3 aromatic rings. The molecule has 20 heavy (non-hydrogen) atoms. The van der Waals surface area contributed by atoms with Crippen LogP contribution in [0.5, 0.6) is 0 Å². The van der Waals surface area contributed by atoms with E-state index in [0.717, 1.165) is 5.69 Å². The number of aromatic nitrogens is 4. The summed E-state index contributed by atoms with van der Waals surface area (Å²) in [7, 11) is 0. The molecule has 0 atom stereocenters. The molecular weight excluding hydrogens is 274 g/mol. The average molecular weight is 286 g/mol. The zero-order chi connectivity index (χ0) is 14.1. The lowest BCUT2D eigenvalue weighted by Crippen LogP contribution is -2.00. The van der Waals surface area contributed by atoms with Crippen LogP contribution in [0.25, 0.3) is 17.1 Å². The molecule has 0 aliphatic rings. The molecule has 0 radical (unpaired) electrons. The Morgan fingerprint density at radius 2 is 1.85 bits per heavy atom. The van der Waals surface area contributed by atoms with E-state index in [9.17, 15) is 0 Å². The van der Waals surface area contributed by atoms with Crippen molar-refractivity contribution in [3.05, 3.63) is 53.1 Å². The highest BCUT2D eigenvalue weighted by atomic mass is 35.5. The van der Waals surface area contributed by atoms with E-state index in [-0.39, 0.29) is 0 Å². The molecule has 0 aliphatic carbocycles. The zero-order valence-electron chi connectivity index (χ0n) is 10.8. The van der Waals surface area contributed by atoms with Gasteiger partial charge < -0.3 is 5.73 Å². The van der Waals surface area contributed by atoms with Crippen molar-refractivity contribution >= 4 is 17.3 Å². The van der Waals surface area contributed by atoms with Crippen LogP contribution >= 0.6 is 11.6 Å². The third-order valence-corrected chi connectivity index (χ3v) is 3.44. The van der Waals surface area contributed by atoms with Crippen LogP contribution in [0.1, 0.15) is 5.56 Å². The van der Waals surface area contributed by atoms with E-state index in [4.69, 9.17) is 17.3 Å². The van der Waals surface area contributed by atoms with Gasteiger partial charge in [0.15, 0.2) is 5.82 Å². The first kappa shape index (κ1) is 12.6. The summed E-state index contributed by atoms with van der Waals surface area (Å²) >= 11 is 6.24. The van der Waals surface area contributed by atoms with Crippen LogP contribution in [-0.4, -0.2) is 20.2 Å². The van der Waals surface area contributed by atoms with E-state index >= 15 is 0 Å². The van der Waals surface area contributed by atoms with Gasteiger partial charge in [0.05, 0.1) is 16.4 Å². The third kappa shape index (κ3) is 2.12. The summed E-state index contributed by atoms with van der Waals surface area (Å²) in [6.07, 6.45) is 0. The first-order chi connectivity index (χ1) is 9.66. The number of rotatable bonds is 2. The molecule has 1 heterocycles. The Morgan fingerprint density at radius 3 is 2.60 bits per heavy atom. The number of nitrogen functional groups attached to an aromatic ring is 1. The molecule has 0 saturated heterocycles. The maximum absolute atomic E-state index is 6.24. The van der Waals surface area contributed by atoms with Crippen molar-refractivity contribution in [3.8, 4) is 17.1 Å². The van der Waals surface area contributed by atoms with E-state index in [0.29, 0.717) is 22.1 Å². The molecule has 6 heteroatoms. The molecule has 0 saturated carbocycles.